The van der Waals surface area contributed by atoms with Gasteiger partial charge in [0.15, 0.2) is 0 Å². The van der Waals surface area contributed by atoms with Crippen molar-refractivity contribution in [3.05, 3.63) is 34.2 Å². The Bertz CT molecular complexity index is 384. The van der Waals surface area contributed by atoms with Gasteiger partial charge in [-0.1, -0.05) is 0 Å². The summed E-state index contributed by atoms with van der Waals surface area (Å²) in [5, 5.41) is 0. The van der Waals surface area contributed by atoms with E-state index in [1.54, 1.807) is 12.3 Å². The monoisotopic (exact) mass is 191 g/mol. The van der Waals surface area contributed by atoms with Gasteiger partial charge in [0.1, 0.15) is 5.78 Å². The van der Waals surface area contributed by atoms with Crippen molar-refractivity contribution in [2.24, 2.45) is 0 Å². The molecule has 1 saturated carbocycles. The van der Waals surface area contributed by atoms with Gasteiger partial charge in [0.05, 0.1) is 0 Å². The molecule has 1 aliphatic rings. The molecule has 0 saturated heterocycles. The summed E-state index contributed by atoms with van der Waals surface area (Å²) in [7, 11) is 0. The standard InChI is InChI=1S/C11H13NO2/c13-10-3-1-8(2-4-10)9-5-6-12-11(14)7-9/h5-8H,1-4H2,(H,12,14). The van der Waals surface area contributed by atoms with Gasteiger partial charge in [-0.25, -0.2) is 0 Å². The molecular formula is C11H13NO2. The second-order valence-electron chi connectivity index (χ2n) is 3.80. The van der Waals surface area contributed by atoms with Crippen molar-refractivity contribution in [3.63, 3.8) is 0 Å². The summed E-state index contributed by atoms with van der Waals surface area (Å²) in [6.45, 7) is 0. The van der Waals surface area contributed by atoms with Crippen LogP contribution in [-0.2, 0) is 4.79 Å². The molecule has 1 aromatic heterocycles. The molecule has 0 unspecified atom stereocenters. The Morgan fingerprint density at radius 3 is 2.57 bits per heavy atom. The van der Waals surface area contributed by atoms with E-state index < -0.39 is 0 Å². The molecule has 74 valence electrons. The van der Waals surface area contributed by atoms with E-state index in [-0.39, 0.29) is 5.56 Å². The SMILES string of the molecule is O=C1CCC(c2cc[nH]c(=O)c2)CC1. The van der Waals surface area contributed by atoms with Crippen LogP contribution < -0.4 is 5.56 Å². The highest BCUT2D eigenvalue weighted by atomic mass is 16.1. The van der Waals surface area contributed by atoms with Crippen LogP contribution in [0.4, 0.5) is 0 Å². The summed E-state index contributed by atoms with van der Waals surface area (Å²) >= 11 is 0. The fourth-order valence-corrected chi connectivity index (χ4v) is 1.99. The second kappa shape index (κ2) is 3.78. The predicted molar refractivity (Wildman–Crippen MR) is 53.3 cm³/mol. The number of carbonyl (C=O) groups is 1. The van der Waals surface area contributed by atoms with E-state index in [0.717, 1.165) is 18.4 Å². The molecule has 1 aliphatic carbocycles. The maximum atomic E-state index is 11.1. The van der Waals surface area contributed by atoms with Crippen LogP contribution in [0.25, 0.3) is 0 Å². The molecule has 1 N–H and O–H groups in total. The van der Waals surface area contributed by atoms with Crippen molar-refractivity contribution < 1.29 is 4.79 Å². The lowest BCUT2D eigenvalue weighted by atomic mass is 9.84. The summed E-state index contributed by atoms with van der Waals surface area (Å²) in [6, 6.07) is 3.57. The van der Waals surface area contributed by atoms with Crippen LogP contribution in [0.1, 0.15) is 37.2 Å². The van der Waals surface area contributed by atoms with Crippen LogP contribution in [-0.4, -0.2) is 10.8 Å². The number of hydrogen-bond donors (Lipinski definition) is 1. The Balaban J connectivity index is 2.16. The van der Waals surface area contributed by atoms with Crippen LogP contribution in [0.2, 0.25) is 0 Å². The number of Topliss-reactive ketones (excluding diaryl/α,β-unsaturated/α-hetero) is 1. The first-order valence-electron chi connectivity index (χ1n) is 4.96. The van der Waals surface area contributed by atoms with Crippen LogP contribution in [0.3, 0.4) is 0 Å². The number of hydrogen-bond acceptors (Lipinski definition) is 2. The summed E-state index contributed by atoms with van der Waals surface area (Å²) < 4.78 is 0. The Morgan fingerprint density at radius 1 is 1.21 bits per heavy atom. The molecule has 0 radical (unpaired) electrons. The summed E-state index contributed by atoms with van der Waals surface area (Å²) in [4.78, 5) is 24.7. The first-order valence-corrected chi connectivity index (χ1v) is 4.96. The van der Waals surface area contributed by atoms with Crippen molar-refractivity contribution in [2.45, 2.75) is 31.6 Å². The molecule has 3 nitrogen and oxygen atoms in total. The molecule has 0 bridgehead atoms. The second-order valence-corrected chi connectivity index (χ2v) is 3.80. The van der Waals surface area contributed by atoms with Crippen molar-refractivity contribution in [1.82, 2.24) is 4.98 Å². The van der Waals surface area contributed by atoms with E-state index in [9.17, 15) is 9.59 Å². The van der Waals surface area contributed by atoms with Crippen LogP contribution in [0.15, 0.2) is 23.1 Å². The first kappa shape index (κ1) is 9.19. The van der Waals surface area contributed by atoms with E-state index in [0.29, 0.717) is 24.5 Å². The average molecular weight is 191 g/mol. The van der Waals surface area contributed by atoms with Gasteiger partial charge in [-0.15, -0.1) is 0 Å². The zero-order chi connectivity index (χ0) is 9.97. The molecule has 2 rings (SSSR count). The summed E-state index contributed by atoms with van der Waals surface area (Å²) in [5.41, 5.74) is 1.01. The number of ketones is 1. The summed E-state index contributed by atoms with van der Waals surface area (Å²) in [5.74, 6) is 0.751. The van der Waals surface area contributed by atoms with Gasteiger partial charge in [0, 0.05) is 25.1 Å². The predicted octanol–water partition coefficient (Wildman–Crippen LogP) is 1.60. The lowest BCUT2D eigenvalue weighted by Crippen LogP contribution is -2.14. The normalized spacial score (nSPS) is 18.4. The van der Waals surface area contributed by atoms with Gasteiger partial charge >= 0.3 is 0 Å². The molecule has 1 heterocycles. The highest BCUT2D eigenvalue weighted by Gasteiger charge is 2.19. The highest BCUT2D eigenvalue weighted by molar-refractivity contribution is 5.79. The lowest BCUT2D eigenvalue weighted by Gasteiger charge is -2.20. The average Bonchev–Trinajstić information content (AvgIpc) is 2.19. The van der Waals surface area contributed by atoms with Gasteiger partial charge in [-0.3, -0.25) is 9.59 Å². The molecule has 1 fully saturated rings. The minimum Gasteiger partial charge on any atom is -0.329 e. The van der Waals surface area contributed by atoms with Gasteiger partial charge in [0.25, 0.3) is 0 Å². The molecule has 0 aliphatic heterocycles. The minimum atomic E-state index is -0.0561. The largest absolute Gasteiger partial charge is 0.329 e. The van der Waals surface area contributed by atoms with Crippen molar-refractivity contribution >= 4 is 5.78 Å². The molecule has 0 amide bonds. The quantitative estimate of drug-likeness (QED) is 0.733. The third kappa shape index (κ3) is 1.92. The molecule has 3 heteroatoms. The zero-order valence-electron chi connectivity index (χ0n) is 7.95. The number of nitrogens with one attached hydrogen (secondary N) is 1. The Labute approximate surface area is 82.2 Å². The number of rotatable bonds is 1. The summed E-state index contributed by atoms with van der Waals surface area (Å²) in [6.07, 6.45) is 4.79. The van der Waals surface area contributed by atoms with Crippen molar-refractivity contribution in [2.75, 3.05) is 0 Å². The smallest absolute Gasteiger partial charge is 0.248 e. The van der Waals surface area contributed by atoms with Gasteiger partial charge < -0.3 is 4.98 Å². The van der Waals surface area contributed by atoms with Crippen molar-refractivity contribution in [3.8, 4) is 0 Å². The zero-order valence-corrected chi connectivity index (χ0v) is 7.95. The van der Waals surface area contributed by atoms with E-state index in [1.807, 2.05) is 6.07 Å². The number of aromatic nitrogens is 1. The third-order valence-corrected chi connectivity index (χ3v) is 2.81. The highest BCUT2D eigenvalue weighted by Crippen LogP contribution is 2.29. The fourth-order valence-electron chi connectivity index (χ4n) is 1.99. The van der Waals surface area contributed by atoms with Crippen LogP contribution >= 0.6 is 0 Å². The Kier molecular flexibility index (Phi) is 2.48. The van der Waals surface area contributed by atoms with Crippen molar-refractivity contribution in [1.29, 1.82) is 0 Å². The van der Waals surface area contributed by atoms with Crippen LogP contribution in [0, 0.1) is 0 Å². The van der Waals surface area contributed by atoms with Gasteiger partial charge in [-0.2, -0.15) is 0 Å². The lowest BCUT2D eigenvalue weighted by molar-refractivity contribution is -0.120. The van der Waals surface area contributed by atoms with Gasteiger partial charge in [-0.05, 0) is 30.4 Å². The third-order valence-electron chi connectivity index (χ3n) is 2.81. The number of carbonyl (C=O) groups excluding carboxylic acids is 1. The minimum absolute atomic E-state index is 0.0561. The Hall–Kier alpha value is -1.38. The maximum absolute atomic E-state index is 11.1. The molecule has 0 atom stereocenters. The molecule has 0 spiro atoms. The van der Waals surface area contributed by atoms with E-state index in [2.05, 4.69) is 4.98 Å². The first-order chi connectivity index (χ1) is 6.75. The van der Waals surface area contributed by atoms with Crippen LogP contribution in [0.5, 0.6) is 0 Å². The molecular weight excluding hydrogens is 178 g/mol. The van der Waals surface area contributed by atoms with E-state index in [1.165, 1.54) is 0 Å². The number of aromatic amines is 1. The number of pyridine rings is 1. The molecule has 0 aromatic carbocycles. The Morgan fingerprint density at radius 2 is 1.93 bits per heavy atom. The van der Waals surface area contributed by atoms with Gasteiger partial charge in [0.2, 0.25) is 5.56 Å². The van der Waals surface area contributed by atoms with E-state index >= 15 is 0 Å². The number of H-pyrrole nitrogens is 1. The topological polar surface area (TPSA) is 49.9 Å². The maximum Gasteiger partial charge on any atom is 0.248 e. The van der Waals surface area contributed by atoms with E-state index in [4.69, 9.17) is 0 Å². The fraction of sp³-hybridized carbons (Fsp3) is 0.455. The molecule has 14 heavy (non-hydrogen) atoms. The molecule has 1 aromatic rings.